The molecule has 112 valence electrons. The van der Waals surface area contributed by atoms with E-state index in [0.29, 0.717) is 22.0 Å². The van der Waals surface area contributed by atoms with Crippen LogP contribution in [0, 0.1) is 11.7 Å². The largest absolute Gasteiger partial charge is 0.439 e. The van der Waals surface area contributed by atoms with E-state index in [-0.39, 0.29) is 5.82 Å². The molecule has 1 aromatic carbocycles. The molecule has 0 saturated heterocycles. The molecule has 1 heterocycles. The molecule has 0 saturated carbocycles. The van der Waals surface area contributed by atoms with Gasteiger partial charge in [-0.25, -0.2) is 9.37 Å². The summed E-state index contributed by atoms with van der Waals surface area (Å²) in [6.07, 6.45) is 1.76. The first-order valence-electron chi connectivity index (χ1n) is 6.83. The molecule has 0 aliphatic heterocycles. The highest BCUT2D eigenvalue weighted by atomic mass is 79.9. The van der Waals surface area contributed by atoms with Crippen LogP contribution in [-0.4, -0.2) is 11.5 Å². The van der Waals surface area contributed by atoms with Crippen molar-refractivity contribution in [2.45, 2.75) is 20.4 Å². The molecular weight excluding hydrogens is 335 g/mol. The second kappa shape index (κ2) is 7.52. The molecule has 21 heavy (non-hydrogen) atoms. The van der Waals surface area contributed by atoms with Crippen LogP contribution in [0.4, 0.5) is 4.39 Å². The Bertz CT molecular complexity index is 587. The third-order valence-corrected chi connectivity index (χ3v) is 3.44. The highest BCUT2D eigenvalue weighted by molar-refractivity contribution is 9.10. The number of ether oxygens (including phenoxy) is 1. The zero-order chi connectivity index (χ0) is 15.2. The Kier molecular flexibility index (Phi) is 5.70. The molecule has 1 N–H and O–H groups in total. The normalized spacial score (nSPS) is 10.9. The summed E-state index contributed by atoms with van der Waals surface area (Å²) < 4.78 is 19.3. The lowest BCUT2D eigenvalue weighted by Crippen LogP contribution is -2.18. The van der Waals surface area contributed by atoms with Gasteiger partial charge in [0.2, 0.25) is 5.88 Å². The Morgan fingerprint density at radius 1 is 1.29 bits per heavy atom. The Morgan fingerprint density at radius 3 is 2.71 bits per heavy atom. The fourth-order valence-electron chi connectivity index (χ4n) is 1.74. The van der Waals surface area contributed by atoms with Gasteiger partial charge < -0.3 is 10.1 Å². The molecule has 0 unspecified atom stereocenters. The topological polar surface area (TPSA) is 34.1 Å². The molecule has 2 rings (SSSR count). The average molecular weight is 353 g/mol. The maximum absolute atomic E-state index is 13.4. The fraction of sp³-hybridized carbons (Fsp3) is 0.312. The molecule has 0 bridgehead atoms. The summed E-state index contributed by atoms with van der Waals surface area (Å²) in [6.45, 7) is 6.08. The van der Waals surface area contributed by atoms with E-state index in [0.717, 1.165) is 18.7 Å². The molecule has 0 radical (unpaired) electrons. The summed E-state index contributed by atoms with van der Waals surface area (Å²) >= 11 is 3.11. The Labute approximate surface area is 132 Å². The van der Waals surface area contributed by atoms with Crippen LogP contribution < -0.4 is 10.1 Å². The van der Waals surface area contributed by atoms with Crippen LogP contribution in [0.15, 0.2) is 41.0 Å². The van der Waals surface area contributed by atoms with Crippen molar-refractivity contribution in [2.24, 2.45) is 5.92 Å². The van der Waals surface area contributed by atoms with E-state index in [1.807, 2.05) is 6.07 Å². The number of nitrogens with one attached hydrogen (secondary N) is 1. The number of rotatable bonds is 6. The quantitative estimate of drug-likeness (QED) is 0.829. The van der Waals surface area contributed by atoms with Crippen LogP contribution >= 0.6 is 15.9 Å². The van der Waals surface area contributed by atoms with Crippen molar-refractivity contribution in [3.63, 3.8) is 0 Å². The van der Waals surface area contributed by atoms with Gasteiger partial charge in [0.25, 0.3) is 0 Å². The minimum atomic E-state index is -0.359. The zero-order valence-corrected chi connectivity index (χ0v) is 13.7. The van der Waals surface area contributed by atoms with Gasteiger partial charge in [0.05, 0.1) is 4.47 Å². The predicted molar refractivity (Wildman–Crippen MR) is 85.0 cm³/mol. The first-order chi connectivity index (χ1) is 10.0. The van der Waals surface area contributed by atoms with Gasteiger partial charge >= 0.3 is 0 Å². The Hall–Kier alpha value is -1.46. The molecule has 0 aliphatic carbocycles. The van der Waals surface area contributed by atoms with E-state index < -0.39 is 0 Å². The van der Waals surface area contributed by atoms with Gasteiger partial charge in [-0.05, 0) is 46.1 Å². The van der Waals surface area contributed by atoms with Crippen molar-refractivity contribution in [1.82, 2.24) is 10.3 Å². The lowest BCUT2D eigenvalue weighted by molar-refractivity contribution is 0.457. The average Bonchev–Trinajstić information content (AvgIpc) is 2.44. The number of pyridine rings is 1. The maximum atomic E-state index is 13.4. The summed E-state index contributed by atoms with van der Waals surface area (Å²) in [4.78, 5) is 4.23. The standard InChI is InChI=1S/C16H18BrFN2O/c1-11(2)8-19-9-12-3-6-16(20-10-12)21-13-4-5-14(17)15(18)7-13/h3-7,10-11,19H,8-9H2,1-2H3. The maximum Gasteiger partial charge on any atom is 0.219 e. The smallest absolute Gasteiger partial charge is 0.219 e. The Morgan fingerprint density at radius 2 is 2.10 bits per heavy atom. The minimum Gasteiger partial charge on any atom is -0.439 e. The highest BCUT2D eigenvalue weighted by Gasteiger charge is 2.04. The predicted octanol–water partition coefficient (Wildman–Crippen LogP) is 4.52. The van der Waals surface area contributed by atoms with E-state index in [1.165, 1.54) is 6.07 Å². The van der Waals surface area contributed by atoms with Gasteiger partial charge in [0, 0.05) is 24.9 Å². The summed E-state index contributed by atoms with van der Waals surface area (Å²) in [5.41, 5.74) is 1.09. The zero-order valence-electron chi connectivity index (χ0n) is 12.1. The molecule has 0 atom stereocenters. The van der Waals surface area contributed by atoms with E-state index in [9.17, 15) is 4.39 Å². The number of benzene rings is 1. The number of hydrogen-bond donors (Lipinski definition) is 1. The van der Waals surface area contributed by atoms with Crippen LogP contribution in [0.25, 0.3) is 0 Å². The van der Waals surface area contributed by atoms with Crippen LogP contribution in [-0.2, 0) is 6.54 Å². The summed E-state index contributed by atoms with van der Waals surface area (Å²) in [6, 6.07) is 8.35. The highest BCUT2D eigenvalue weighted by Crippen LogP contribution is 2.24. The van der Waals surface area contributed by atoms with E-state index in [4.69, 9.17) is 4.74 Å². The van der Waals surface area contributed by atoms with Gasteiger partial charge in [0.1, 0.15) is 11.6 Å². The third-order valence-electron chi connectivity index (χ3n) is 2.79. The van der Waals surface area contributed by atoms with Crippen molar-refractivity contribution >= 4 is 15.9 Å². The van der Waals surface area contributed by atoms with Crippen molar-refractivity contribution in [3.05, 3.63) is 52.4 Å². The van der Waals surface area contributed by atoms with Crippen molar-refractivity contribution in [3.8, 4) is 11.6 Å². The molecule has 0 aliphatic rings. The number of halogens is 2. The van der Waals surface area contributed by atoms with Crippen LogP contribution in [0.2, 0.25) is 0 Å². The molecule has 0 spiro atoms. The third kappa shape index (κ3) is 5.10. The van der Waals surface area contributed by atoms with Crippen molar-refractivity contribution < 1.29 is 9.13 Å². The van der Waals surface area contributed by atoms with Gasteiger partial charge in [-0.1, -0.05) is 19.9 Å². The monoisotopic (exact) mass is 352 g/mol. The SMILES string of the molecule is CC(C)CNCc1ccc(Oc2ccc(Br)c(F)c2)nc1. The molecule has 0 amide bonds. The molecule has 1 aromatic heterocycles. The summed E-state index contributed by atoms with van der Waals surface area (Å²) in [5, 5.41) is 3.35. The second-order valence-corrected chi connectivity index (χ2v) is 6.06. The second-order valence-electron chi connectivity index (χ2n) is 5.21. The van der Waals surface area contributed by atoms with Gasteiger partial charge in [-0.3, -0.25) is 0 Å². The summed E-state index contributed by atoms with van der Waals surface area (Å²) in [7, 11) is 0. The van der Waals surface area contributed by atoms with Gasteiger partial charge in [-0.2, -0.15) is 0 Å². The van der Waals surface area contributed by atoms with E-state index >= 15 is 0 Å². The minimum absolute atomic E-state index is 0.359. The van der Waals surface area contributed by atoms with Crippen molar-refractivity contribution in [1.29, 1.82) is 0 Å². The van der Waals surface area contributed by atoms with Crippen LogP contribution in [0.5, 0.6) is 11.6 Å². The first kappa shape index (κ1) is 15.9. The lowest BCUT2D eigenvalue weighted by Gasteiger charge is -2.08. The molecular formula is C16H18BrFN2O. The summed E-state index contributed by atoms with van der Waals surface area (Å²) in [5.74, 6) is 1.13. The van der Waals surface area contributed by atoms with Crippen LogP contribution in [0.3, 0.4) is 0 Å². The van der Waals surface area contributed by atoms with Gasteiger partial charge in [0.15, 0.2) is 0 Å². The van der Waals surface area contributed by atoms with Gasteiger partial charge in [-0.15, -0.1) is 0 Å². The van der Waals surface area contributed by atoms with Crippen LogP contribution in [0.1, 0.15) is 19.4 Å². The Balaban J connectivity index is 1.94. The molecule has 3 nitrogen and oxygen atoms in total. The number of aromatic nitrogens is 1. The number of hydrogen-bond acceptors (Lipinski definition) is 3. The van der Waals surface area contributed by atoms with E-state index in [2.05, 4.69) is 40.1 Å². The molecule has 5 heteroatoms. The fourth-order valence-corrected chi connectivity index (χ4v) is 1.99. The first-order valence-corrected chi connectivity index (χ1v) is 7.62. The number of nitrogens with zero attached hydrogens (tertiary/aromatic N) is 1. The van der Waals surface area contributed by atoms with E-state index in [1.54, 1.807) is 24.4 Å². The molecule has 2 aromatic rings. The lowest BCUT2D eigenvalue weighted by atomic mass is 10.2. The van der Waals surface area contributed by atoms with Crippen molar-refractivity contribution in [2.75, 3.05) is 6.54 Å². The molecule has 0 fully saturated rings.